The Morgan fingerprint density at radius 2 is 1.85 bits per heavy atom. The topological polar surface area (TPSA) is 56.1 Å². The van der Waals surface area contributed by atoms with Gasteiger partial charge < -0.3 is 14.6 Å². The van der Waals surface area contributed by atoms with Gasteiger partial charge >= 0.3 is 0 Å². The van der Waals surface area contributed by atoms with Crippen LogP contribution in [0.25, 0.3) is 0 Å². The molecule has 1 amide bonds. The molecule has 5 nitrogen and oxygen atoms in total. The molecule has 2 atom stereocenters. The average Bonchev–Trinajstić information content (AvgIpc) is 3.07. The quantitative estimate of drug-likeness (QED) is 0.740. The third-order valence-electron chi connectivity index (χ3n) is 4.04. The Hall–Kier alpha value is -3.15. The van der Waals surface area contributed by atoms with E-state index in [1.165, 1.54) is 6.07 Å². The van der Waals surface area contributed by atoms with Crippen molar-refractivity contribution in [3.05, 3.63) is 84.2 Å². The molecule has 0 aliphatic heterocycles. The summed E-state index contributed by atoms with van der Waals surface area (Å²) in [7, 11) is 1.80. The Bertz CT molecular complexity index is 880. The highest BCUT2D eigenvalue weighted by Crippen LogP contribution is 2.23. The lowest BCUT2D eigenvalue weighted by atomic mass is 10.0. The van der Waals surface area contributed by atoms with Gasteiger partial charge in [0, 0.05) is 25.0 Å². The third-order valence-corrected chi connectivity index (χ3v) is 4.04. The normalized spacial score (nSPS) is 13.0. The van der Waals surface area contributed by atoms with E-state index in [2.05, 4.69) is 10.3 Å². The van der Waals surface area contributed by atoms with Crippen LogP contribution < -0.4 is 10.1 Å². The summed E-state index contributed by atoms with van der Waals surface area (Å²) in [5.41, 5.74) is 0.349. The van der Waals surface area contributed by atoms with Crippen LogP contribution in [0, 0.1) is 5.82 Å². The van der Waals surface area contributed by atoms with Gasteiger partial charge in [0.25, 0.3) is 5.91 Å². The summed E-state index contributed by atoms with van der Waals surface area (Å²) in [6.07, 6.45) is 2.62. The number of amides is 1. The number of hydrogen-bond acceptors (Lipinski definition) is 3. The summed E-state index contributed by atoms with van der Waals surface area (Å²) >= 11 is 0. The minimum absolute atomic E-state index is 0.349. The fraction of sp³-hybridized carbons (Fsp3) is 0.200. The van der Waals surface area contributed by atoms with Gasteiger partial charge in [-0.2, -0.15) is 0 Å². The van der Waals surface area contributed by atoms with E-state index in [4.69, 9.17) is 4.74 Å². The van der Waals surface area contributed by atoms with Crippen LogP contribution in [-0.2, 0) is 11.8 Å². The van der Waals surface area contributed by atoms with Crippen molar-refractivity contribution < 1.29 is 13.9 Å². The molecule has 26 heavy (non-hydrogen) atoms. The number of aryl methyl sites for hydroxylation is 1. The molecule has 0 fully saturated rings. The molecular weight excluding hydrogens is 333 g/mol. The molecule has 1 heterocycles. The highest BCUT2D eigenvalue weighted by molar-refractivity contribution is 5.81. The summed E-state index contributed by atoms with van der Waals surface area (Å²) in [6.45, 7) is 1.65. The predicted molar refractivity (Wildman–Crippen MR) is 96.1 cm³/mol. The maximum Gasteiger partial charge on any atom is 0.261 e. The molecule has 6 heteroatoms. The van der Waals surface area contributed by atoms with Crippen LogP contribution in [0.1, 0.15) is 24.4 Å². The fourth-order valence-electron chi connectivity index (χ4n) is 2.66. The summed E-state index contributed by atoms with van der Waals surface area (Å²) in [4.78, 5) is 16.9. The lowest BCUT2D eigenvalue weighted by molar-refractivity contribution is -0.127. The third kappa shape index (κ3) is 3.91. The molecule has 0 radical (unpaired) electrons. The number of ether oxygens (including phenoxy) is 1. The number of para-hydroxylation sites is 1. The number of rotatable bonds is 6. The Balaban J connectivity index is 1.83. The zero-order chi connectivity index (χ0) is 18.5. The van der Waals surface area contributed by atoms with E-state index >= 15 is 0 Å². The molecule has 0 saturated heterocycles. The van der Waals surface area contributed by atoms with E-state index in [-0.39, 0.29) is 5.91 Å². The van der Waals surface area contributed by atoms with Crippen LogP contribution >= 0.6 is 0 Å². The minimum Gasteiger partial charge on any atom is -0.481 e. The fourth-order valence-corrected chi connectivity index (χ4v) is 2.66. The van der Waals surface area contributed by atoms with Gasteiger partial charge in [0.05, 0.1) is 0 Å². The zero-order valence-electron chi connectivity index (χ0n) is 14.6. The van der Waals surface area contributed by atoms with Gasteiger partial charge in [0.1, 0.15) is 23.4 Å². The van der Waals surface area contributed by atoms with Crippen molar-refractivity contribution in [1.29, 1.82) is 0 Å². The van der Waals surface area contributed by atoms with Crippen LogP contribution in [0.15, 0.2) is 67.0 Å². The second-order valence-corrected chi connectivity index (χ2v) is 5.93. The summed E-state index contributed by atoms with van der Waals surface area (Å²) in [5, 5.41) is 2.85. The predicted octanol–water partition coefficient (Wildman–Crippen LogP) is 3.23. The van der Waals surface area contributed by atoms with Gasteiger partial charge in [-0.05, 0) is 25.1 Å². The monoisotopic (exact) mass is 353 g/mol. The summed E-state index contributed by atoms with van der Waals surface area (Å²) < 4.78 is 21.7. The molecule has 1 aromatic heterocycles. The molecule has 2 aromatic carbocycles. The molecule has 3 rings (SSSR count). The SMILES string of the molecule is C[C@H](Oc1ccccc1)C(=O)N[C@@H](c1ccccc1F)c1nccn1C. The molecule has 134 valence electrons. The molecular formula is C20H20FN3O2. The van der Waals surface area contributed by atoms with Crippen molar-refractivity contribution in [2.75, 3.05) is 0 Å². The number of nitrogens with zero attached hydrogens (tertiary/aromatic N) is 2. The molecule has 0 aliphatic carbocycles. The Kier molecular flexibility index (Phi) is 5.31. The highest BCUT2D eigenvalue weighted by Gasteiger charge is 2.26. The van der Waals surface area contributed by atoms with Crippen LogP contribution in [0.5, 0.6) is 5.75 Å². The highest BCUT2D eigenvalue weighted by atomic mass is 19.1. The largest absolute Gasteiger partial charge is 0.481 e. The van der Waals surface area contributed by atoms with Crippen molar-refractivity contribution in [3.8, 4) is 5.75 Å². The molecule has 0 saturated carbocycles. The van der Waals surface area contributed by atoms with Gasteiger partial charge in [0.15, 0.2) is 6.10 Å². The number of hydrogen-bond donors (Lipinski definition) is 1. The number of aromatic nitrogens is 2. The van der Waals surface area contributed by atoms with Gasteiger partial charge in [-0.15, -0.1) is 0 Å². The second-order valence-electron chi connectivity index (χ2n) is 5.93. The molecule has 0 bridgehead atoms. The van der Waals surface area contributed by atoms with Crippen molar-refractivity contribution in [3.63, 3.8) is 0 Å². The standard InChI is InChI=1S/C20H20FN3O2/c1-14(26-15-8-4-3-5-9-15)20(25)23-18(19-22-12-13-24(19)2)16-10-6-7-11-17(16)21/h3-14,18H,1-2H3,(H,23,25)/t14-,18-/m0/s1. The minimum atomic E-state index is -0.744. The summed E-state index contributed by atoms with van der Waals surface area (Å²) in [6, 6.07) is 14.7. The lowest BCUT2D eigenvalue weighted by Gasteiger charge is -2.22. The molecule has 0 aliphatic rings. The first-order valence-electron chi connectivity index (χ1n) is 8.30. The number of halogens is 1. The van der Waals surface area contributed by atoms with Gasteiger partial charge in [-0.3, -0.25) is 4.79 Å². The lowest BCUT2D eigenvalue weighted by Crippen LogP contribution is -2.40. The smallest absolute Gasteiger partial charge is 0.261 e. The van der Waals surface area contributed by atoms with Gasteiger partial charge in [-0.25, -0.2) is 9.37 Å². The van der Waals surface area contributed by atoms with Crippen molar-refractivity contribution in [2.24, 2.45) is 7.05 Å². The Morgan fingerprint density at radius 1 is 1.15 bits per heavy atom. The molecule has 3 aromatic rings. The second kappa shape index (κ2) is 7.82. The van der Waals surface area contributed by atoms with Gasteiger partial charge in [-0.1, -0.05) is 36.4 Å². The average molecular weight is 353 g/mol. The van der Waals surface area contributed by atoms with Gasteiger partial charge in [0.2, 0.25) is 0 Å². The maximum atomic E-state index is 14.3. The summed E-state index contributed by atoms with van der Waals surface area (Å²) in [5.74, 6) is 0.368. The zero-order valence-corrected chi connectivity index (χ0v) is 14.6. The molecule has 0 unspecified atom stereocenters. The van der Waals surface area contributed by atoms with E-state index < -0.39 is 18.0 Å². The van der Waals surface area contributed by atoms with E-state index in [9.17, 15) is 9.18 Å². The number of nitrogens with one attached hydrogen (secondary N) is 1. The number of carbonyl (C=O) groups is 1. The van der Waals surface area contributed by atoms with Crippen molar-refractivity contribution >= 4 is 5.91 Å². The van der Waals surface area contributed by atoms with Crippen molar-refractivity contribution in [2.45, 2.75) is 19.1 Å². The van der Waals surface area contributed by atoms with E-state index in [1.54, 1.807) is 61.3 Å². The Labute approximate surface area is 151 Å². The van der Waals surface area contributed by atoms with Crippen LogP contribution in [-0.4, -0.2) is 21.6 Å². The van der Waals surface area contributed by atoms with Crippen molar-refractivity contribution in [1.82, 2.24) is 14.9 Å². The first-order chi connectivity index (χ1) is 12.6. The molecule has 1 N–H and O–H groups in total. The first kappa shape index (κ1) is 17.7. The van der Waals surface area contributed by atoms with E-state index in [0.29, 0.717) is 17.1 Å². The number of carbonyl (C=O) groups excluding carboxylic acids is 1. The first-order valence-corrected chi connectivity index (χ1v) is 8.30. The maximum absolute atomic E-state index is 14.3. The number of imidazole rings is 1. The number of benzene rings is 2. The van der Waals surface area contributed by atoms with E-state index in [1.807, 2.05) is 18.2 Å². The van der Waals surface area contributed by atoms with Crippen LogP contribution in [0.4, 0.5) is 4.39 Å². The van der Waals surface area contributed by atoms with Crippen LogP contribution in [0.3, 0.4) is 0 Å². The van der Waals surface area contributed by atoms with Crippen LogP contribution in [0.2, 0.25) is 0 Å². The van der Waals surface area contributed by atoms with E-state index in [0.717, 1.165) is 0 Å². The molecule has 0 spiro atoms. The Morgan fingerprint density at radius 3 is 2.50 bits per heavy atom.